The number of hydrogen-bond acceptors (Lipinski definition) is 6. The summed E-state index contributed by atoms with van der Waals surface area (Å²) in [7, 11) is 0. The molecule has 6 nitrogen and oxygen atoms in total. The molecule has 0 rings (SSSR count). The molecular formula is C14H34N4O2. The normalized spacial score (nSPS) is 14.4. The predicted molar refractivity (Wildman–Crippen MR) is 83.6 cm³/mol. The lowest BCUT2D eigenvalue weighted by molar-refractivity contribution is 0.179. The Morgan fingerprint density at radius 2 is 1.00 bits per heavy atom. The molecule has 0 aliphatic heterocycles. The molecule has 0 aromatic rings. The van der Waals surface area contributed by atoms with E-state index in [9.17, 15) is 10.2 Å². The SMILES string of the molecule is NC[C@@H](O)CNCCCCCCCCNC[C@@H](O)CN. The summed E-state index contributed by atoms with van der Waals surface area (Å²) < 4.78 is 0. The Hall–Kier alpha value is -0.240. The van der Waals surface area contributed by atoms with Gasteiger partial charge in [0.2, 0.25) is 0 Å². The highest BCUT2D eigenvalue weighted by Gasteiger charge is 1.99. The monoisotopic (exact) mass is 290 g/mol. The van der Waals surface area contributed by atoms with Crippen LogP contribution < -0.4 is 22.1 Å². The van der Waals surface area contributed by atoms with Gasteiger partial charge >= 0.3 is 0 Å². The first-order chi connectivity index (χ1) is 9.70. The lowest BCUT2D eigenvalue weighted by Gasteiger charge is -2.09. The molecule has 20 heavy (non-hydrogen) atoms. The lowest BCUT2D eigenvalue weighted by atomic mass is 10.1. The van der Waals surface area contributed by atoms with E-state index >= 15 is 0 Å². The summed E-state index contributed by atoms with van der Waals surface area (Å²) in [6, 6.07) is 0. The molecule has 0 bridgehead atoms. The Bertz CT molecular complexity index is 176. The maximum Gasteiger partial charge on any atom is 0.0786 e. The van der Waals surface area contributed by atoms with E-state index in [1.165, 1.54) is 25.7 Å². The molecule has 0 aliphatic carbocycles. The van der Waals surface area contributed by atoms with Crippen LogP contribution in [0, 0.1) is 0 Å². The van der Waals surface area contributed by atoms with E-state index in [2.05, 4.69) is 10.6 Å². The van der Waals surface area contributed by atoms with Crippen molar-refractivity contribution in [3.8, 4) is 0 Å². The van der Waals surface area contributed by atoms with Gasteiger partial charge in [0.1, 0.15) is 0 Å². The number of nitrogens with two attached hydrogens (primary N) is 2. The summed E-state index contributed by atoms with van der Waals surface area (Å²) in [5.74, 6) is 0. The van der Waals surface area contributed by atoms with Crippen molar-refractivity contribution in [3.05, 3.63) is 0 Å². The summed E-state index contributed by atoms with van der Waals surface area (Å²) in [6.45, 7) is 3.74. The van der Waals surface area contributed by atoms with Gasteiger partial charge in [0.25, 0.3) is 0 Å². The fraction of sp³-hybridized carbons (Fsp3) is 1.00. The molecule has 0 aromatic heterocycles. The van der Waals surface area contributed by atoms with Gasteiger partial charge in [0.05, 0.1) is 12.2 Å². The second-order valence-electron chi connectivity index (χ2n) is 5.31. The molecule has 0 aliphatic rings. The zero-order chi connectivity index (χ0) is 15.1. The largest absolute Gasteiger partial charge is 0.390 e. The van der Waals surface area contributed by atoms with Crippen molar-refractivity contribution in [2.45, 2.75) is 50.7 Å². The standard InChI is InChI=1S/C14H34N4O2/c15-9-13(19)11-17-7-5-3-1-2-4-6-8-18-12-14(20)10-16/h13-14,17-20H,1-12,15-16H2/t13-,14+. The molecule has 0 amide bonds. The Morgan fingerprint density at radius 3 is 1.35 bits per heavy atom. The van der Waals surface area contributed by atoms with Crippen LogP contribution in [0.3, 0.4) is 0 Å². The average Bonchev–Trinajstić information content (AvgIpc) is 2.47. The fourth-order valence-corrected chi connectivity index (χ4v) is 1.91. The maximum absolute atomic E-state index is 9.24. The molecule has 0 heterocycles. The predicted octanol–water partition coefficient (Wildman–Crippen LogP) is -0.855. The van der Waals surface area contributed by atoms with Crippen LogP contribution in [-0.2, 0) is 0 Å². The molecule has 0 spiro atoms. The van der Waals surface area contributed by atoms with Crippen LogP contribution in [-0.4, -0.2) is 61.7 Å². The Morgan fingerprint density at radius 1 is 0.650 bits per heavy atom. The minimum atomic E-state index is -0.416. The minimum absolute atomic E-state index is 0.323. The molecule has 0 saturated heterocycles. The molecule has 8 N–H and O–H groups in total. The first-order valence-electron chi connectivity index (χ1n) is 7.88. The Labute approximate surface area is 123 Å². The highest BCUT2D eigenvalue weighted by Crippen LogP contribution is 2.04. The van der Waals surface area contributed by atoms with Crippen LogP contribution >= 0.6 is 0 Å². The van der Waals surface area contributed by atoms with E-state index in [1.807, 2.05) is 0 Å². The highest BCUT2D eigenvalue weighted by molar-refractivity contribution is 4.60. The zero-order valence-corrected chi connectivity index (χ0v) is 12.7. The van der Waals surface area contributed by atoms with E-state index in [0.29, 0.717) is 26.2 Å². The molecule has 0 aromatic carbocycles. The maximum atomic E-state index is 9.24. The number of unbranched alkanes of at least 4 members (excludes halogenated alkanes) is 5. The highest BCUT2D eigenvalue weighted by atomic mass is 16.3. The Kier molecular flexibility index (Phi) is 15.0. The number of aliphatic hydroxyl groups is 2. The van der Waals surface area contributed by atoms with Crippen molar-refractivity contribution in [2.75, 3.05) is 39.3 Å². The summed E-state index contributed by atoms with van der Waals surface area (Å²) in [5.41, 5.74) is 10.6. The van der Waals surface area contributed by atoms with Gasteiger partial charge in [-0.15, -0.1) is 0 Å². The number of rotatable bonds is 15. The third-order valence-corrected chi connectivity index (χ3v) is 3.26. The molecule has 0 unspecified atom stereocenters. The first kappa shape index (κ1) is 19.8. The van der Waals surface area contributed by atoms with Crippen molar-refractivity contribution >= 4 is 0 Å². The summed E-state index contributed by atoms with van der Waals surface area (Å²) in [5, 5.41) is 24.9. The molecule has 0 saturated carbocycles. The molecular weight excluding hydrogens is 256 g/mol. The van der Waals surface area contributed by atoms with E-state index in [-0.39, 0.29) is 0 Å². The van der Waals surface area contributed by atoms with Gasteiger partial charge < -0.3 is 32.3 Å². The molecule has 6 heteroatoms. The smallest absolute Gasteiger partial charge is 0.0786 e. The topological polar surface area (TPSA) is 117 Å². The van der Waals surface area contributed by atoms with Gasteiger partial charge in [-0.2, -0.15) is 0 Å². The van der Waals surface area contributed by atoms with E-state index in [4.69, 9.17) is 11.5 Å². The van der Waals surface area contributed by atoms with E-state index < -0.39 is 12.2 Å². The second-order valence-corrected chi connectivity index (χ2v) is 5.31. The van der Waals surface area contributed by atoms with Gasteiger partial charge in [-0.25, -0.2) is 0 Å². The van der Waals surface area contributed by atoms with Crippen LogP contribution in [0.5, 0.6) is 0 Å². The molecule has 0 radical (unpaired) electrons. The summed E-state index contributed by atoms with van der Waals surface area (Å²) >= 11 is 0. The minimum Gasteiger partial charge on any atom is -0.390 e. The number of hydrogen-bond donors (Lipinski definition) is 6. The number of nitrogens with one attached hydrogen (secondary N) is 2. The van der Waals surface area contributed by atoms with Gasteiger partial charge in [0.15, 0.2) is 0 Å². The molecule has 0 fully saturated rings. The third-order valence-electron chi connectivity index (χ3n) is 3.26. The quantitative estimate of drug-likeness (QED) is 0.219. The van der Waals surface area contributed by atoms with Crippen LogP contribution in [0.4, 0.5) is 0 Å². The third kappa shape index (κ3) is 14.2. The summed E-state index contributed by atoms with van der Waals surface area (Å²) in [6.07, 6.45) is 6.44. The van der Waals surface area contributed by atoms with Gasteiger partial charge in [-0.1, -0.05) is 25.7 Å². The lowest BCUT2D eigenvalue weighted by Crippen LogP contribution is -2.33. The Balaban J connectivity index is 3.03. The van der Waals surface area contributed by atoms with Crippen molar-refractivity contribution in [2.24, 2.45) is 11.5 Å². The molecule has 2 atom stereocenters. The molecule has 122 valence electrons. The first-order valence-corrected chi connectivity index (χ1v) is 7.88. The van der Waals surface area contributed by atoms with Crippen molar-refractivity contribution in [1.29, 1.82) is 0 Å². The summed E-state index contributed by atoms with van der Waals surface area (Å²) in [4.78, 5) is 0. The van der Waals surface area contributed by atoms with Crippen LogP contribution in [0.1, 0.15) is 38.5 Å². The van der Waals surface area contributed by atoms with Gasteiger partial charge in [-0.05, 0) is 25.9 Å². The van der Waals surface area contributed by atoms with Gasteiger partial charge in [-0.3, -0.25) is 0 Å². The van der Waals surface area contributed by atoms with Crippen molar-refractivity contribution < 1.29 is 10.2 Å². The number of aliphatic hydroxyl groups excluding tert-OH is 2. The van der Waals surface area contributed by atoms with Crippen molar-refractivity contribution in [3.63, 3.8) is 0 Å². The average molecular weight is 290 g/mol. The van der Waals surface area contributed by atoms with Crippen molar-refractivity contribution in [1.82, 2.24) is 10.6 Å². The fourth-order valence-electron chi connectivity index (χ4n) is 1.91. The van der Waals surface area contributed by atoms with Crippen LogP contribution in [0.15, 0.2) is 0 Å². The van der Waals surface area contributed by atoms with Gasteiger partial charge in [0, 0.05) is 26.2 Å². The zero-order valence-electron chi connectivity index (χ0n) is 12.7. The van der Waals surface area contributed by atoms with Crippen LogP contribution in [0.25, 0.3) is 0 Å². The van der Waals surface area contributed by atoms with Crippen LogP contribution in [0.2, 0.25) is 0 Å². The van der Waals surface area contributed by atoms with E-state index in [0.717, 1.165) is 25.9 Å². The van der Waals surface area contributed by atoms with E-state index in [1.54, 1.807) is 0 Å². The second kappa shape index (κ2) is 15.2.